The average Bonchev–Trinajstić information content (AvgIpc) is 3.20. The number of ether oxygens (including phenoxy) is 3. The van der Waals surface area contributed by atoms with Gasteiger partial charge in [-0.3, -0.25) is 4.79 Å². The highest BCUT2D eigenvalue weighted by Gasteiger charge is 2.54. The van der Waals surface area contributed by atoms with Crippen LogP contribution < -0.4 is 10.5 Å². The van der Waals surface area contributed by atoms with E-state index in [2.05, 4.69) is 19.7 Å². The van der Waals surface area contributed by atoms with Gasteiger partial charge in [-0.15, -0.1) is 0 Å². The Morgan fingerprint density at radius 1 is 1.29 bits per heavy atom. The Kier molecular flexibility index (Phi) is 5.77. The van der Waals surface area contributed by atoms with Gasteiger partial charge in [0.1, 0.15) is 29.8 Å². The molecule has 31 heavy (non-hydrogen) atoms. The second-order valence-electron chi connectivity index (χ2n) is 7.13. The number of hydrogen-bond donors (Lipinski definition) is 1. The van der Waals surface area contributed by atoms with Crippen LogP contribution in [0.1, 0.15) is 28.0 Å². The Hall–Kier alpha value is -3.21. The summed E-state index contributed by atoms with van der Waals surface area (Å²) in [5.74, 6) is -1.01. The molecule has 0 aliphatic carbocycles. The van der Waals surface area contributed by atoms with Gasteiger partial charge in [0.25, 0.3) is 6.02 Å². The van der Waals surface area contributed by atoms with Gasteiger partial charge in [-0.1, -0.05) is 6.07 Å². The fourth-order valence-electron chi connectivity index (χ4n) is 3.94. The topological polar surface area (TPSA) is 109 Å². The zero-order chi connectivity index (χ0) is 22.0. The molecule has 1 aromatic heterocycles. The minimum atomic E-state index is -1.24. The number of halogens is 3. The van der Waals surface area contributed by atoms with Crippen molar-refractivity contribution >= 4 is 11.8 Å². The normalized spacial score (nSPS) is 24.8. The number of amidine groups is 1. The Labute approximate surface area is 175 Å². The molecule has 1 aromatic carbocycles. The molecule has 0 unspecified atom stereocenters. The van der Waals surface area contributed by atoms with Gasteiger partial charge in [0.2, 0.25) is 12.7 Å². The molecule has 2 N–H and O–H groups in total. The lowest BCUT2D eigenvalue weighted by Gasteiger charge is -2.38. The Morgan fingerprint density at radius 3 is 2.84 bits per heavy atom. The molecule has 2 aliphatic rings. The summed E-state index contributed by atoms with van der Waals surface area (Å²) < 4.78 is 55.9. The zero-order valence-electron chi connectivity index (χ0n) is 16.3. The first-order valence-electron chi connectivity index (χ1n) is 9.49. The highest BCUT2D eigenvalue weighted by atomic mass is 19.1. The van der Waals surface area contributed by atoms with E-state index in [1.165, 1.54) is 24.4 Å². The number of rotatable bonds is 7. The molecule has 0 saturated carbocycles. The molecule has 0 spiro atoms. The van der Waals surface area contributed by atoms with Crippen molar-refractivity contribution < 1.29 is 32.2 Å². The van der Waals surface area contributed by atoms with Crippen LogP contribution in [-0.4, -0.2) is 54.1 Å². The van der Waals surface area contributed by atoms with Crippen LogP contribution >= 0.6 is 0 Å². The van der Waals surface area contributed by atoms with Crippen LogP contribution in [0.4, 0.5) is 13.2 Å². The second kappa shape index (κ2) is 8.50. The fourth-order valence-corrected chi connectivity index (χ4v) is 3.94. The predicted molar refractivity (Wildman–Crippen MR) is 102 cm³/mol. The minimum Gasteiger partial charge on any atom is -0.456 e. The molecular weight excluding hydrogens is 417 g/mol. The summed E-state index contributed by atoms with van der Waals surface area (Å²) in [4.78, 5) is 24.6. The molecule has 0 amide bonds. The van der Waals surface area contributed by atoms with E-state index < -0.39 is 37.1 Å². The molecule has 164 valence electrons. The third kappa shape index (κ3) is 3.92. The van der Waals surface area contributed by atoms with Crippen molar-refractivity contribution in [3.63, 3.8) is 0 Å². The highest BCUT2D eigenvalue weighted by molar-refractivity contribution is 5.95. The molecule has 0 bridgehead atoms. The van der Waals surface area contributed by atoms with Gasteiger partial charge in [-0.25, -0.2) is 28.1 Å². The molecule has 1 saturated heterocycles. The number of ketones is 1. The van der Waals surface area contributed by atoms with Gasteiger partial charge >= 0.3 is 0 Å². The van der Waals surface area contributed by atoms with Crippen LogP contribution in [-0.2, 0) is 21.4 Å². The van der Waals surface area contributed by atoms with Crippen LogP contribution in [0, 0.1) is 5.82 Å². The zero-order valence-corrected chi connectivity index (χ0v) is 16.3. The number of carbonyl (C=O) groups excluding carboxylic acids is 1. The van der Waals surface area contributed by atoms with Crippen molar-refractivity contribution in [1.29, 1.82) is 0 Å². The largest absolute Gasteiger partial charge is 0.456 e. The van der Waals surface area contributed by atoms with Gasteiger partial charge < -0.3 is 19.9 Å². The average molecular weight is 436 g/mol. The van der Waals surface area contributed by atoms with Crippen molar-refractivity contribution in [2.75, 3.05) is 20.1 Å². The summed E-state index contributed by atoms with van der Waals surface area (Å²) in [6, 6.07) is 3.94. The molecule has 8 nitrogen and oxygen atoms in total. The summed E-state index contributed by atoms with van der Waals surface area (Å²) in [6.07, 6.45) is 0.638. The number of hydrogen-bond acceptors (Lipinski definition) is 8. The molecule has 11 heteroatoms. The first-order valence-corrected chi connectivity index (χ1v) is 9.49. The van der Waals surface area contributed by atoms with Crippen LogP contribution in [0.3, 0.4) is 0 Å². The van der Waals surface area contributed by atoms with E-state index in [-0.39, 0.29) is 48.4 Å². The van der Waals surface area contributed by atoms with Crippen molar-refractivity contribution in [2.24, 2.45) is 10.7 Å². The van der Waals surface area contributed by atoms with Crippen LogP contribution in [0.2, 0.25) is 0 Å². The smallest absolute Gasteiger partial charge is 0.283 e. The number of alkyl halides is 2. The number of aliphatic imine (C=N–C) groups is 1. The molecule has 2 aliphatic heterocycles. The first kappa shape index (κ1) is 21.0. The van der Waals surface area contributed by atoms with E-state index >= 15 is 0 Å². The fraction of sp³-hybridized carbons (Fsp3) is 0.400. The Balaban J connectivity index is 1.63. The maximum Gasteiger partial charge on any atom is 0.283 e. The molecule has 2 aromatic rings. The second-order valence-corrected chi connectivity index (χ2v) is 7.13. The van der Waals surface area contributed by atoms with Gasteiger partial charge in [-0.2, -0.15) is 0 Å². The van der Waals surface area contributed by atoms with E-state index in [0.29, 0.717) is 5.56 Å². The number of aromatic nitrogens is 2. The van der Waals surface area contributed by atoms with E-state index in [9.17, 15) is 18.0 Å². The number of Topliss-reactive ketones (excluding diaryl/α,β-unsaturated/α-hetero) is 1. The Morgan fingerprint density at radius 2 is 2.13 bits per heavy atom. The monoisotopic (exact) mass is 436 g/mol. The lowest BCUT2D eigenvalue weighted by Crippen LogP contribution is -2.51. The molecule has 4 rings (SSSR count). The van der Waals surface area contributed by atoms with Crippen LogP contribution in [0.25, 0.3) is 0 Å². The van der Waals surface area contributed by atoms with Gasteiger partial charge in [0, 0.05) is 18.4 Å². The number of fused-ring (bicyclic) bond motifs is 1. The van der Waals surface area contributed by atoms with Crippen molar-refractivity contribution in [2.45, 2.75) is 30.6 Å². The maximum absolute atomic E-state index is 14.9. The number of nitrogens with zero attached hydrogens (tertiary/aromatic N) is 3. The maximum atomic E-state index is 14.9. The van der Waals surface area contributed by atoms with Crippen LogP contribution in [0.15, 0.2) is 35.6 Å². The summed E-state index contributed by atoms with van der Waals surface area (Å²) in [5, 5.41) is 0. The van der Waals surface area contributed by atoms with E-state index in [4.69, 9.17) is 15.2 Å². The molecule has 0 radical (unpaired) electrons. The predicted octanol–water partition coefficient (Wildman–Crippen LogP) is 2.01. The van der Waals surface area contributed by atoms with Gasteiger partial charge in [0.05, 0.1) is 19.0 Å². The molecule has 3 heterocycles. The van der Waals surface area contributed by atoms with Gasteiger partial charge in [-0.05, 0) is 17.7 Å². The van der Waals surface area contributed by atoms with Gasteiger partial charge in [0.15, 0.2) is 11.9 Å². The summed E-state index contributed by atoms with van der Waals surface area (Å²) in [5.41, 5.74) is 5.19. The standard InChI is InChI=1S/C20H19F3N4O4/c21-7-16-18-20(3-4-29-18,27-19(24)31-16)12-5-11(1-2-13(12)23)6-15(28)14-8-26-17(9-25-14)30-10-22/h1-2,5,8-9,16,18H,3-4,6-7,10H2,(H2,24,27)/t16-,18+,20-/m1/s1. The summed E-state index contributed by atoms with van der Waals surface area (Å²) >= 11 is 0. The van der Waals surface area contributed by atoms with E-state index in [1.807, 2.05) is 0 Å². The van der Waals surface area contributed by atoms with Crippen LogP contribution in [0.5, 0.6) is 5.88 Å². The summed E-state index contributed by atoms with van der Waals surface area (Å²) in [6.45, 7) is -1.70. The first-order chi connectivity index (χ1) is 15.0. The number of nitrogens with two attached hydrogens (primary N) is 1. The van der Waals surface area contributed by atoms with Crippen molar-refractivity contribution in [3.8, 4) is 5.88 Å². The Bertz CT molecular complexity index is 1000. The van der Waals surface area contributed by atoms with Crippen molar-refractivity contribution in [3.05, 3.63) is 53.2 Å². The molecule has 3 atom stereocenters. The SMILES string of the molecule is NC1=N[C@@]2(c3cc(CC(=O)c4cnc(OCF)cn4)ccc3F)CCO[C@H]2[C@@H](CF)O1. The van der Waals surface area contributed by atoms with E-state index in [0.717, 1.165) is 6.20 Å². The highest BCUT2D eigenvalue weighted by Crippen LogP contribution is 2.45. The quantitative estimate of drug-likeness (QED) is 0.662. The van der Waals surface area contributed by atoms with Crippen molar-refractivity contribution in [1.82, 2.24) is 9.97 Å². The molecular formula is C20H19F3N4O4. The minimum absolute atomic E-state index is 0.0446. The number of benzene rings is 1. The lowest BCUT2D eigenvalue weighted by molar-refractivity contribution is -0.0443. The summed E-state index contributed by atoms with van der Waals surface area (Å²) in [7, 11) is 0. The molecule has 1 fully saturated rings. The third-order valence-corrected chi connectivity index (χ3v) is 5.30. The number of carbonyl (C=O) groups is 1. The third-order valence-electron chi connectivity index (χ3n) is 5.30. The lowest BCUT2D eigenvalue weighted by atomic mass is 9.80. The van der Waals surface area contributed by atoms with E-state index in [1.54, 1.807) is 0 Å².